The standard InChI is InChI=1S/C24H24N2O6S/c1-2-8-18(27)21-25(20(28)17-11-6-7-12-19(17)32-21)13-14-31-22-23(29)33-24(30)26(22)15-16-9-4-3-5-10-16/h3-7,9-12,21-22H,2,8,13-15H2,1H3. The number of rotatable bonds is 9. The number of hydrogen-bond acceptors (Lipinski definition) is 7. The Kier molecular flexibility index (Phi) is 7.10. The third-order valence-corrected chi connectivity index (χ3v) is 6.19. The second-order valence-corrected chi connectivity index (χ2v) is 8.66. The van der Waals surface area contributed by atoms with Gasteiger partial charge >= 0.3 is 0 Å². The first-order valence-corrected chi connectivity index (χ1v) is 11.6. The molecular weight excluding hydrogens is 444 g/mol. The summed E-state index contributed by atoms with van der Waals surface area (Å²) in [6, 6.07) is 16.1. The van der Waals surface area contributed by atoms with Gasteiger partial charge in [-0.3, -0.25) is 29.0 Å². The number of benzene rings is 2. The van der Waals surface area contributed by atoms with Crippen LogP contribution in [0.2, 0.25) is 0 Å². The van der Waals surface area contributed by atoms with E-state index < -0.39 is 17.6 Å². The fraction of sp³-hybridized carbons (Fsp3) is 0.333. The van der Waals surface area contributed by atoms with Crippen molar-refractivity contribution in [1.29, 1.82) is 0 Å². The zero-order valence-electron chi connectivity index (χ0n) is 18.1. The molecule has 8 nitrogen and oxygen atoms in total. The Bertz CT molecular complexity index is 1060. The van der Waals surface area contributed by atoms with Crippen molar-refractivity contribution in [3.8, 4) is 5.75 Å². The van der Waals surface area contributed by atoms with Gasteiger partial charge in [-0.05, 0) is 24.1 Å². The Morgan fingerprint density at radius 2 is 1.76 bits per heavy atom. The lowest BCUT2D eigenvalue weighted by Crippen LogP contribution is -2.53. The molecule has 0 N–H and O–H groups in total. The molecule has 0 bridgehead atoms. The van der Waals surface area contributed by atoms with E-state index in [0.29, 0.717) is 29.5 Å². The van der Waals surface area contributed by atoms with Gasteiger partial charge in [0.1, 0.15) is 5.75 Å². The third-order valence-electron chi connectivity index (χ3n) is 5.38. The molecule has 1 fully saturated rings. The van der Waals surface area contributed by atoms with Crippen LogP contribution in [0, 0.1) is 0 Å². The van der Waals surface area contributed by atoms with Crippen LogP contribution in [0.3, 0.4) is 0 Å². The molecule has 2 unspecified atom stereocenters. The molecule has 172 valence electrons. The van der Waals surface area contributed by atoms with E-state index in [9.17, 15) is 19.2 Å². The Hall–Kier alpha value is -3.17. The summed E-state index contributed by atoms with van der Waals surface area (Å²) in [4.78, 5) is 53.1. The number of Topliss-reactive ketones (excluding diaryl/α,β-unsaturated/α-hetero) is 1. The van der Waals surface area contributed by atoms with Gasteiger partial charge in [0.15, 0.2) is 5.78 Å². The molecule has 9 heteroatoms. The minimum atomic E-state index is -1.06. The lowest BCUT2D eigenvalue weighted by molar-refractivity contribution is -0.137. The van der Waals surface area contributed by atoms with E-state index in [2.05, 4.69) is 0 Å². The van der Waals surface area contributed by atoms with Crippen LogP contribution in [0.25, 0.3) is 0 Å². The quantitative estimate of drug-likeness (QED) is 0.556. The maximum Gasteiger partial charge on any atom is 0.292 e. The van der Waals surface area contributed by atoms with Crippen molar-refractivity contribution < 1.29 is 28.7 Å². The van der Waals surface area contributed by atoms with Crippen LogP contribution in [-0.4, -0.2) is 57.5 Å². The smallest absolute Gasteiger partial charge is 0.292 e. The van der Waals surface area contributed by atoms with E-state index in [0.717, 1.165) is 5.56 Å². The molecule has 2 atom stereocenters. The lowest BCUT2D eigenvalue weighted by atomic mass is 10.1. The van der Waals surface area contributed by atoms with Crippen LogP contribution in [0.4, 0.5) is 4.79 Å². The molecule has 0 aromatic heterocycles. The van der Waals surface area contributed by atoms with Gasteiger partial charge in [-0.1, -0.05) is 49.4 Å². The van der Waals surface area contributed by atoms with Gasteiger partial charge in [0.25, 0.3) is 11.1 Å². The Labute approximate surface area is 195 Å². The summed E-state index contributed by atoms with van der Waals surface area (Å²) in [5, 5.41) is -0.780. The molecule has 0 spiro atoms. The van der Waals surface area contributed by atoms with E-state index in [4.69, 9.17) is 9.47 Å². The van der Waals surface area contributed by atoms with Crippen molar-refractivity contribution in [2.24, 2.45) is 0 Å². The molecule has 2 aliphatic rings. The van der Waals surface area contributed by atoms with Crippen LogP contribution in [0.5, 0.6) is 5.75 Å². The predicted molar refractivity (Wildman–Crippen MR) is 122 cm³/mol. The minimum Gasteiger partial charge on any atom is -0.462 e. The van der Waals surface area contributed by atoms with Gasteiger partial charge in [-0.2, -0.15) is 0 Å². The molecule has 2 aliphatic heterocycles. The third kappa shape index (κ3) is 4.94. The topological polar surface area (TPSA) is 93.2 Å². The number of thioether (sulfide) groups is 1. The van der Waals surface area contributed by atoms with E-state index in [1.54, 1.807) is 24.3 Å². The van der Waals surface area contributed by atoms with Gasteiger partial charge in [0.05, 0.1) is 12.2 Å². The summed E-state index contributed by atoms with van der Waals surface area (Å²) in [6.07, 6.45) is -1.20. The van der Waals surface area contributed by atoms with Crippen LogP contribution in [0.15, 0.2) is 54.6 Å². The minimum absolute atomic E-state index is 0.0368. The highest BCUT2D eigenvalue weighted by Gasteiger charge is 2.42. The molecule has 2 amide bonds. The molecule has 0 saturated carbocycles. The molecule has 2 aromatic rings. The highest BCUT2D eigenvalue weighted by Crippen LogP contribution is 2.30. The fourth-order valence-corrected chi connectivity index (χ4v) is 4.53. The Morgan fingerprint density at radius 3 is 2.52 bits per heavy atom. The first-order valence-electron chi connectivity index (χ1n) is 10.8. The summed E-state index contributed by atoms with van der Waals surface area (Å²) in [5.41, 5.74) is 1.24. The number of nitrogens with zero attached hydrogens (tertiary/aromatic N) is 2. The number of hydrogen-bond donors (Lipinski definition) is 0. The van der Waals surface area contributed by atoms with Crippen molar-refractivity contribution in [2.45, 2.75) is 38.8 Å². The summed E-state index contributed by atoms with van der Waals surface area (Å²) < 4.78 is 11.6. The summed E-state index contributed by atoms with van der Waals surface area (Å²) >= 11 is 0.609. The van der Waals surface area contributed by atoms with Crippen molar-refractivity contribution in [3.05, 3.63) is 65.7 Å². The molecule has 0 radical (unpaired) electrons. The zero-order valence-corrected chi connectivity index (χ0v) is 19.0. The maximum absolute atomic E-state index is 13.1. The molecule has 2 heterocycles. The van der Waals surface area contributed by atoms with E-state index in [1.165, 1.54) is 9.80 Å². The number of fused-ring (bicyclic) bond motifs is 1. The van der Waals surface area contributed by atoms with Crippen LogP contribution in [0.1, 0.15) is 35.7 Å². The Morgan fingerprint density at radius 1 is 1.03 bits per heavy atom. The number of ketones is 1. The SMILES string of the molecule is CCCC(=O)C1Oc2ccccc2C(=O)N1CCOC1C(=O)SC(=O)N1Cc1ccccc1. The van der Waals surface area contributed by atoms with Gasteiger partial charge in [0, 0.05) is 31.3 Å². The zero-order chi connectivity index (χ0) is 23.4. The molecule has 4 rings (SSSR count). The monoisotopic (exact) mass is 468 g/mol. The number of amides is 2. The average molecular weight is 469 g/mol. The van der Waals surface area contributed by atoms with E-state index in [1.807, 2.05) is 37.3 Å². The number of ether oxygens (including phenoxy) is 2. The molecular formula is C24H24N2O6S. The normalized spacial score (nSPS) is 20.1. The van der Waals surface area contributed by atoms with Crippen LogP contribution < -0.4 is 4.74 Å². The van der Waals surface area contributed by atoms with Crippen LogP contribution >= 0.6 is 11.8 Å². The maximum atomic E-state index is 13.1. The average Bonchev–Trinajstić information content (AvgIpc) is 3.08. The summed E-state index contributed by atoms with van der Waals surface area (Å²) in [6.45, 7) is 2.11. The van der Waals surface area contributed by atoms with Gasteiger partial charge < -0.3 is 9.47 Å². The van der Waals surface area contributed by atoms with Crippen molar-refractivity contribution in [1.82, 2.24) is 9.80 Å². The second kappa shape index (κ2) is 10.2. The fourth-order valence-electron chi connectivity index (χ4n) is 3.79. The van der Waals surface area contributed by atoms with E-state index in [-0.39, 0.29) is 43.0 Å². The molecule has 33 heavy (non-hydrogen) atoms. The van der Waals surface area contributed by atoms with Crippen molar-refractivity contribution in [3.63, 3.8) is 0 Å². The number of carbonyl (C=O) groups is 4. The Balaban J connectivity index is 1.46. The molecule has 0 aliphatic carbocycles. The number of para-hydroxylation sites is 1. The largest absolute Gasteiger partial charge is 0.462 e. The number of carbonyl (C=O) groups excluding carboxylic acids is 4. The van der Waals surface area contributed by atoms with Crippen molar-refractivity contribution in [2.75, 3.05) is 13.2 Å². The van der Waals surface area contributed by atoms with Crippen LogP contribution in [-0.2, 0) is 20.9 Å². The highest BCUT2D eigenvalue weighted by atomic mass is 32.2. The molecule has 1 saturated heterocycles. The van der Waals surface area contributed by atoms with Gasteiger partial charge in [-0.15, -0.1) is 0 Å². The van der Waals surface area contributed by atoms with Gasteiger partial charge in [-0.25, -0.2) is 0 Å². The second-order valence-electron chi connectivity index (χ2n) is 7.70. The highest BCUT2D eigenvalue weighted by molar-refractivity contribution is 8.26. The predicted octanol–water partition coefficient (Wildman–Crippen LogP) is 3.45. The summed E-state index contributed by atoms with van der Waals surface area (Å²) in [7, 11) is 0. The van der Waals surface area contributed by atoms with Crippen molar-refractivity contribution >= 4 is 33.8 Å². The van der Waals surface area contributed by atoms with Gasteiger partial charge in [0.2, 0.25) is 17.6 Å². The first-order chi connectivity index (χ1) is 16.0. The first kappa shape index (κ1) is 23.0. The lowest BCUT2D eigenvalue weighted by Gasteiger charge is -2.36. The van der Waals surface area contributed by atoms with E-state index >= 15 is 0 Å². The molecule has 2 aromatic carbocycles. The summed E-state index contributed by atoms with van der Waals surface area (Å²) in [5.74, 6) is -0.163.